The number of carbonyl (C=O) groups excluding carboxylic acids is 1. The molecule has 1 atom stereocenters. The van der Waals surface area contributed by atoms with Gasteiger partial charge < -0.3 is 4.90 Å². The van der Waals surface area contributed by atoms with Crippen LogP contribution < -0.4 is 10.5 Å². The van der Waals surface area contributed by atoms with Crippen molar-refractivity contribution < 1.29 is 13.2 Å². The molecular weight excluding hydrogens is 370 g/mol. The van der Waals surface area contributed by atoms with Crippen molar-refractivity contribution in [2.75, 3.05) is 13.1 Å². The average Bonchev–Trinajstić information content (AvgIpc) is 3.13. The summed E-state index contributed by atoms with van der Waals surface area (Å²) in [5.41, 5.74) is 0.909. The van der Waals surface area contributed by atoms with E-state index in [4.69, 9.17) is 5.14 Å². The smallest absolute Gasteiger partial charge is 0.247 e. The molecular formula is C18H23N3O3S2. The monoisotopic (exact) mass is 393 g/mol. The van der Waals surface area contributed by atoms with Gasteiger partial charge in [0.1, 0.15) is 10.3 Å². The molecule has 0 radical (unpaired) electrons. The van der Waals surface area contributed by atoms with Crippen molar-refractivity contribution in [3.8, 4) is 0 Å². The molecule has 140 valence electrons. The van der Waals surface area contributed by atoms with E-state index in [9.17, 15) is 13.2 Å². The summed E-state index contributed by atoms with van der Waals surface area (Å²) in [6, 6.07) is 12.4. The molecule has 2 heterocycles. The molecule has 1 aliphatic heterocycles. The van der Waals surface area contributed by atoms with E-state index in [1.54, 1.807) is 6.07 Å². The third-order valence-corrected chi connectivity index (χ3v) is 6.97. The predicted octanol–water partition coefficient (Wildman–Crippen LogP) is 2.24. The lowest BCUT2D eigenvalue weighted by Gasteiger charge is -2.31. The van der Waals surface area contributed by atoms with Crippen molar-refractivity contribution in [3.63, 3.8) is 0 Å². The van der Waals surface area contributed by atoms with Crippen LogP contribution in [0.2, 0.25) is 0 Å². The first kappa shape index (κ1) is 19.0. The summed E-state index contributed by atoms with van der Waals surface area (Å²) in [6.07, 6.45) is 3.24. The van der Waals surface area contributed by atoms with Crippen LogP contribution >= 0.6 is 11.3 Å². The second-order valence-corrected chi connectivity index (χ2v) is 9.33. The maximum atomic E-state index is 13.0. The van der Waals surface area contributed by atoms with E-state index in [2.05, 4.69) is 5.32 Å². The quantitative estimate of drug-likeness (QED) is 0.787. The first-order valence-electron chi connectivity index (χ1n) is 8.64. The minimum absolute atomic E-state index is 0.0686. The van der Waals surface area contributed by atoms with Gasteiger partial charge in [-0.05, 0) is 37.0 Å². The van der Waals surface area contributed by atoms with Gasteiger partial charge in [-0.2, -0.15) is 0 Å². The molecule has 0 bridgehead atoms. The van der Waals surface area contributed by atoms with E-state index in [0.717, 1.165) is 47.7 Å². The van der Waals surface area contributed by atoms with Gasteiger partial charge >= 0.3 is 0 Å². The third kappa shape index (κ3) is 4.70. The Labute approximate surface area is 158 Å². The molecule has 2 aromatic rings. The van der Waals surface area contributed by atoms with Crippen LogP contribution in [0, 0.1) is 0 Å². The molecule has 3 rings (SSSR count). The molecule has 0 saturated carbocycles. The molecule has 1 aromatic carbocycles. The lowest BCUT2D eigenvalue weighted by Crippen LogP contribution is -2.43. The minimum Gasteiger partial charge on any atom is -0.341 e. The zero-order valence-corrected chi connectivity index (χ0v) is 16.1. The molecule has 0 aliphatic carbocycles. The fourth-order valence-corrected chi connectivity index (χ4v) is 4.83. The van der Waals surface area contributed by atoms with Gasteiger partial charge in [0.2, 0.25) is 15.9 Å². The standard InChI is InChI=1S/C18H23N3O3S2/c19-26(23,24)16-10-9-15(25-16)13-20-17(14-7-3-1-4-8-14)18(22)21-11-5-2-6-12-21/h1,3-4,7-10,17,20H,2,5-6,11-13H2,(H2,19,23,24)/t17-/m1/s1. The molecule has 0 unspecified atom stereocenters. The maximum Gasteiger partial charge on any atom is 0.247 e. The fourth-order valence-electron chi connectivity index (χ4n) is 3.10. The van der Waals surface area contributed by atoms with Gasteiger partial charge in [0, 0.05) is 24.5 Å². The number of thiophene rings is 1. The van der Waals surface area contributed by atoms with Crippen molar-refractivity contribution in [2.45, 2.75) is 36.1 Å². The summed E-state index contributed by atoms with van der Waals surface area (Å²) < 4.78 is 23.0. The Balaban J connectivity index is 1.75. The normalized spacial score (nSPS) is 16.4. The highest BCUT2D eigenvalue weighted by molar-refractivity contribution is 7.91. The molecule has 1 aliphatic rings. The number of nitrogens with zero attached hydrogens (tertiary/aromatic N) is 1. The Morgan fingerprint density at radius 2 is 1.81 bits per heavy atom. The average molecular weight is 394 g/mol. The number of likely N-dealkylation sites (tertiary alicyclic amines) is 1. The van der Waals surface area contributed by atoms with E-state index in [1.165, 1.54) is 12.5 Å². The van der Waals surface area contributed by atoms with Crippen LogP contribution in [0.5, 0.6) is 0 Å². The second-order valence-electron chi connectivity index (χ2n) is 6.38. The number of sulfonamides is 1. The van der Waals surface area contributed by atoms with Crippen LogP contribution in [-0.2, 0) is 21.4 Å². The number of primary sulfonamides is 1. The van der Waals surface area contributed by atoms with Gasteiger partial charge in [-0.1, -0.05) is 30.3 Å². The molecule has 1 amide bonds. The van der Waals surface area contributed by atoms with Crippen molar-refractivity contribution >= 4 is 27.3 Å². The lowest BCUT2D eigenvalue weighted by atomic mass is 10.0. The number of amides is 1. The molecule has 1 saturated heterocycles. The van der Waals surface area contributed by atoms with Gasteiger partial charge in [-0.15, -0.1) is 11.3 Å². The third-order valence-electron chi connectivity index (χ3n) is 4.45. The van der Waals surface area contributed by atoms with Crippen LogP contribution in [0.3, 0.4) is 0 Å². The SMILES string of the molecule is NS(=O)(=O)c1ccc(CN[C@@H](C(=O)N2CCCCC2)c2ccccc2)s1. The van der Waals surface area contributed by atoms with E-state index in [0.29, 0.717) is 6.54 Å². The molecule has 0 spiro atoms. The zero-order valence-electron chi connectivity index (χ0n) is 14.4. The number of nitrogens with one attached hydrogen (secondary N) is 1. The van der Waals surface area contributed by atoms with Crippen molar-refractivity contribution in [1.29, 1.82) is 0 Å². The summed E-state index contributed by atoms with van der Waals surface area (Å²) in [6.45, 7) is 1.98. The number of hydrogen-bond donors (Lipinski definition) is 2. The number of hydrogen-bond acceptors (Lipinski definition) is 5. The van der Waals surface area contributed by atoms with Crippen molar-refractivity contribution in [2.24, 2.45) is 5.14 Å². The van der Waals surface area contributed by atoms with Crippen LogP contribution in [0.15, 0.2) is 46.7 Å². The van der Waals surface area contributed by atoms with E-state index < -0.39 is 16.1 Å². The number of carbonyl (C=O) groups is 1. The largest absolute Gasteiger partial charge is 0.341 e. The topological polar surface area (TPSA) is 92.5 Å². The van der Waals surface area contributed by atoms with Crippen LogP contribution in [0.4, 0.5) is 0 Å². The van der Waals surface area contributed by atoms with E-state index in [-0.39, 0.29) is 10.1 Å². The number of nitrogens with two attached hydrogens (primary N) is 1. The number of rotatable bonds is 6. The Kier molecular flexibility index (Phi) is 6.08. The summed E-state index contributed by atoms with van der Waals surface area (Å²) >= 11 is 1.12. The first-order valence-corrected chi connectivity index (χ1v) is 11.0. The number of piperidine rings is 1. The highest BCUT2D eigenvalue weighted by Gasteiger charge is 2.26. The predicted molar refractivity (Wildman–Crippen MR) is 102 cm³/mol. The Morgan fingerprint density at radius 3 is 2.42 bits per heavy atom. The summed E-state index contributed by atoms with van der Waals surface area (Å²) in [5.74, 6) is 0.0686. The highest BCUT2D eigenvalue weighted by Crippen LogP contribution is 2.23. The zero-order chi connectivity index (χ0) is 18.6. The van der Waals surface area contributed by atoms with Crippen molar-refractivity contribution in [1.82, 2.24) is 10.2 Å². The Bertz CT molecular complexity index is 844. The van der Waals surface area contributed by atoms with Gasteiger partial charge in [0.05, 0.1) is 0 Å². The maximum absolute atomic E-state index is 13.0. The molecule has 1 fully saturated rings. The molecule has 1 aromatic heterocycles. The summed E-state index contributed by atoms with van der Waals surface area (Å²) in [4.78, 5) is 15.8. The van der Waals surface area contributed by atoms with Crippen LogP contribution in [0.1, 0.15) is 35.7 Å². The summed E-state index contributed by atoms with van der Waals surface area (Å²) in [5, 5.41) is 8.46. The second kappa shape index (κ2) is 8.30. The Morgan fingerprint density at radius 1 is 1.12 bits per heavy atom. The van der Waals surface area contributed by atoms with Gasteiger partial charge in [0.15, 0.2) is 0 Å². The summed E-state index contributed by atoms with van der Waals surface area (Å²) in [7, 11) is -3.69. The van der Waals surface area contributed by atoms with Crippen LogP contribution in [0.25, 0.3) is 0 Å². The van der Waals surface area contributed by atoms with E-state index >= 15 is 0 Å². The molecule has 26 heavy (non-hydrogen) atoms. The lowest BCUT2D eigenvalue weighted by molar-refractivity contribution is -0.134. The minimum atomic E-state index is -3.69. The molecule has 3 N–H and O–H groups in total. The van der Waals surface area contributed by atoms with Crippen molar-refractivity contribution in [3.05, 3.63) is 52.9 Å². The number of benzene rings is 1. The Hall–Kier alpha value is -1.74. The van der Waals surface area contributed by atoms with E-state index in [1.807, 2.05) is 35.2 Å². The molecule has 8 heteroatoms. The van der Waals surface area contributed by atoms with Crippen LogP contribution in [-0.4, -0.2) is 32.3 Å². The first-order chi connectivity index (χ1) is 12.4. The fraction of sp³-hybridized carbons (Fsp3) is 0.389. The molecule has 6 nitrogen and oxygen atoms in total. The van der Waals surface area contributed by atoms with Gasteiger partial charge in [0.25, 0.3) is 0 Å². The van der Waals surface area contributed by atoms with Gasteiger partial charge in [-0.3, -0.25) is 10.1 Å². The highest BCUT2D eigenvalue weighted by atomic mass is 32.2. The van der Waals surface area contributed by atoms with Gasteiger partial charge in [-0.25, -0.2) is 13.6 Å².